The smallest absolute Gasteiger partial charge is 0.251 e. The molecule has 0 aliphatic carbocycles. The van der Waals surface area contributed by atoms with E-state index in [-0.39, 0.29) is 5.91 Å². The molecule has 1 heterocycles. The van der Waals surface area contributed by atoms with Crippen LogP contribution in [0, 0.1) is 12.8 Å². The Kier molecular flexibility index (Phi) is 4.78. The van der Waals surface area contributed by atoms with Gasteiger partial charge in [0, 0.05) is 29.8 Å². The Labute approximate surface area is 116 Å². The van der Waals surface area contributed by atoms with E-state index in [1.165, 1.54) is 0 Å². The van der Waals surface area contributed by atoms with Crippen LogP contribution >= 0.6 is 15.9 Å². The van der Waals surface area contributed by atoms with Crippen molar-refractivity contribution in [1.29, 1.82) is 0 Å². The third-order valence-corrected chi connectivity index (χ3v) is 4.26. The highest BCUT2D eigenvalue weighted by molar-refractivity contribution is 9.10. The minimum Gasteiger partial charge on any atom is -0.381 e. The molecule has 4 heteroatoms. The lowest BCUT2D eigenvalue weighted by Gasteiger charge is -2.22. The van der Waals surface area contributed by atoms with Crippen molar-refractivity contribution in [2.45, 2.75) is 19.8 Å². The summed E-state index contributed by atoms with van der Waals surface area (Å²) in [7, 11) is 0. The first-order valence-corrected chi connectivity index (χ1v) is 7.09. The van der Waals surface area contributed by atoms with Crippen molar-refractivity contribution in [2.75, 3.05) is 19.8 Å². The zero-order valence-corrected chi connectivity index (χ0v) is 12.1. The molecule has 0 radical (unpaired) electrons. The van der Waals surface area contributed by atoms with Crippen molar-refractivity contribution in [2.24, 2.45) is 5.92 Å². The molecule has 0 spiro atoms. The van der Waals surface area contributed by atoms with Crippen LogP contribution in [0.4, 0.5) is 0 Å². The van der Waals surface area contributed by atoms with E-state index in [9.17, 15) is 4.79 Å². The zero-order chi connectivity index (χ0) is 13.0. The molecule has 1 aliphatic heterocycles. The summed E-state index contributed by atoms with van der Waals surface area (Å²) < 4.78 is 6.28. The van der Waals surface area contributed by atoms with E-state index in [0.29, 0.717) is 5.92 Å². The number of nitrogens with one attached hydrogen (secondary N) is 1. The number of ether oxygens (including phenoxy) is 1. The Morgan fingerprint density at radius 2 is 2.17 bits per heavy atom. The van der Waals surface area contributed by atoms with Crippen LogP contribution in [0.1, 0.15) is 28.8 Å². The van der Waals surface area contributed by atoms with Gasteiger partial charge in [-0.25, -0.2) is 0 Å². The van der Waals surface area contributed by atoms with Crippen molar-refractivity contribution in [3.63, 3.8) is 0 Å². The Morgan fingerprint density at radius 1 is 1.44 bits per heavy atom. The largest absolute Gasteiger partial charge is 0.381 e. The summed E-state index contributed by atoms with van der Waals surface area (Å²) in [5.41, 5.74) is 1.73. The molecule has 1 aromatic rings. The summed E-state index contributed by atoms with van der Waals surface area (Å²) in [6.45, 7) is 4.33. The van der Waals surface area contributed by atoms with Crippen LogP contribution in [0.15, 0.2) is 22.7 Å². The fourth-order valence-electron chi connectivity index (χ4n) is 2.14. The normalized spacial score (nSPS) is 16.6. The number of hydrogen-bond donors (Lipinski definition) is 1. The predicted octanol–water partition coefficient (Wildman–Crippen LogP) is 2.91. The average molecular weight is 312 g/mol. The molecule has 1 saturated heterocycles. The number of rotatable bonds is 3. The van der Waals surface area contributed by atoms with Crippen LogP contribution in [-0.4, -0.2) is 25.7 Å². The third kappa shape index (κ3) is 3.33. The van der Waals surface area contributed by atoms with Crippen molar-refractivity contribution >= 4 is 21.8 Å². The minimum atomic E-state index is 0.0142. The molecule has 0 saturated carbocycles. The van der Waals surface area contributed by atoms with E-state index in [2.05, 4.69) is 21.2 Å². The maximum absolute atomic E-state index is 12.1. The highest BCUT2D eigenvalue weighted by Crippen LogP contribution is 2.19. The second-order valence-electron chi connectivity index (χ2n) is 4.68. The molecule has 0 unspecified atom stereocenters. The van der Waals surface area contributed by atoms with Crippen molar-refractivity contribution in [3.8, 4) is 0 Å². The number of carbonyl (C=O) groups excluding carboxylic acids is 1. The molecule has 0 aromatic heterocycles. The van der Waals surface area contributed by atoms with E-state index in [4.69, 9.17) is 4.74 Å². The van der Waals surface area contributed by atoms with E-state index in [0.717, 1.165) is 48.2 Å². The van der Waals surface area contributed by atoms with Gasteiger partial charge in [-0.1, -0.05) is 22.0 Å². The summed E-state index contributed by atoms with van der Waals surface area (Å²) in [6, 6.07) is 5.70. The molecule has 1 aliphatic rings. The molecule has 98 valence electrons. The molecular weight excluding hydrogens is 294 g/mol. The summed E-state index contributed by atoms with van der Waals surface area (Å²) >= 11 is 3.45. The van der Waals surface area contributed by atoms with Crippen LogP contribution in [0.3, 0.4) is 0 Å². The molecule has 18 heavy (non-hydrogen) atoms. The Balaban J connectivity index is 1.93. The van der Waals surface area contributed by atoms with Gasteiger partial charge in [-0.05, 0) is 43.4 Å². The van der Waals surface area contributed by atoms with Gasteiger partial charge >= 0.3 is 0 Å². The van der Waals surface area contributed by atoms with E-state index < -0.39 is 0 Å². The molecule has 1 fully saturated rings. The maximum atomic E-state index is 12.1. The predicted molar refractivity (Wildman–Crippen MR) is 74.8 cm³/mol. The van der Waals surface area contributed by atoms with Gasteiger partial charge in [0.15, 0.2) is 0 Å². The lowest BCUT2D eigenvalue weighted by Crippen LogP contribution is -2.32. The van der Waals surface area contributed by atoms with Gasteiger partial charge < -0.3 is 10.1 Å². The van der Waals surface area contributed by atoms with Gasteiger partial charge in [-0.15, -0.1) is 0 Å². The molecule has 1 N–H and O–H groups in total. The van der Waals surface area contributed by atoms with Crippen LogP contribution in [0.5, 0.6) is 0 Å². The first-order chi connectivity index (χ1) is 8.68. The van der Waals surface area contributed by atoms with Gasteiger partial charge in [-0.2, -0.15) is 0 Å². The fraction of sp³-hybridized carbons (Fsp3) is 0.500. The molecule has 1 amide bonds. The zero-order valence-electron chi connectivity index (χ0n) is 10.5. The minimum absolute atomic E-state index is 0.0142. The van der Waals surface area contributed by atoms with Crippen LogP contribution in [0.25, 0.3) is 0 Å². The van der Waals surface area contributed by atoms with Gasteiger partial charge in [0.05, 0.1) is 0 Å². The SMILES string of the molecule is Cc1c(Br)cccc1C(=O)NCC1CCOCC1. The maximum Gasteiger partial charge on any atom is 0.251 e. The number of halogens is 1. The average Bonchev–Trinajstić information content (AvgIpc) is 2.40. The van der Waals surface area contributed by atoms with E-state index in [1.807, 2.05) is 25.1 Å². The first kappa shape index (κ1) is 13.6. The van der Waals surface area contributed by atoms with Gasteiger partial charge in [-0.3, -0.25) is 4.79 Å². The Hall–Kier alpha value is -0.870. The summed E-state index contributed by atoms with van der Waals surface area (Å²) in [4.78, 5) is 12.1. The standard InChI is InChI=1S/C14H18BrNO2/c1-10-12(3-2-4-13(10)15)14(17)16-9-11-5-7-18-8-6-11/h2-4,11H,5-9H2,1H3,(H,16,17). The molecule has 1 aromatic carbocycles. The summed E-state index contributed by atoms with van der Waals surface area (Å²) in [6.07, 6.45) is 2.08. The highest BCUT2D eigenvalue weighted by Gasteiger charge is 2.16. The lowest BCUT2D eigenvalue weighted by molar-refractivity contribution is 0.0642. The number of carbonyl (C=O) groups is 1. The highest BCUT2D eigenvalue weighted by atomic mass is 79.9. The molecule has 3 nitrogen and oxygen atoms in total. The Bertz CT molecular complexity index is 428. The second-order valence-corrected chi connectivity index (χ2v) is 5.53. The number of hydrogen-bond acceptors (Lipinski definition) is 2. The van der Waals surface area contributed by atoms with Crippen LogP contribution in [0.2, 0.25) is 0 Å². The summed E-state index contributed by atoms with van der Waals surface area (Å²) in [5.74, 6) is 0.565. The van der Waals surface area contributed by atoms with Gasteiger partial charge in [0.25, 0.3) is 5.91 Å². The van der Waals surface area contributed by atoms with Crippen LogP contribution < -0.4 is 5.32 Å². The van der Waals surface area contributed by atoms with Crippen molar-refractivity contribution in [3.05, 3.63) is 33.8 Å². The third-order valence-electron chi connectivity index (χ3n) is 3.40. The molecular formula is C14H18BrNO2. The molecule has 0 bridgehead atoms. The van der Waals surface area contributed by atoms with E-state index >= 15 is 0 Å². The number of amides is 1. The quantitative estimate of drug-likeness (QED) is 0.932. The topological polar surface area (TPSA) is 38.3 Å². The fourth-order valence-corrected chi connectivity index (χ4v) is 2.50. The summed E-state index contributed by atoms with van der Waals surface area (Å²) in [5, 5.41) is 3.02. The lowest BCUT2D eigenvalue weighted by atomic mass is 10.00. The molecule has 2 rings (SSSR count). The monoisotopic (exact) mass is 311 g/mol. The molecule has 0 atom stereocenters. The Morgan fingerprint density at radius 3 is 2.89 bits per heavy atom. The van der Waals surface area contributed by atoms with Crippen molar-refractivity contribution in [1.82, 2.24) is 5.32 Å². The van der Waals surface area contributed by atoms with Gasteiger partial charge in [0.2, 0.25) is 0 Å². The van der Waals surface area contributed by atoms with E-state index in [1.54, 1.807) is 0 Å². The van der Waals surface area contributed by atoms with Gasteiger partial charge in [0.1, 0.15) is 0 Å². The number of benzene rings is 1. The van der Waals surface area contributed by atoms with Crippen LogP contribution in [-0.2, 0) is 4.74 Å². The second kappa shape index (κ2) is 6.34. The first-order valence-electron chi connectivity index (χ1n) is 6.29. The van der Waals surface area contributed by atoms with Crippen molar-refractivity contribution < 1.29 is 9.53 Å².